The Kier molecular flexibility index (Phi) is 3.66. The monoisotopic (exact) mass is 269 g/mol. The molecule has 20 heavy (non-hydrogen) atoms. The average Bonchev–Trinajstić information content (AvgIpc) is 2.46. The van der Waals surface area contributed by atoms with Gasteiger partial charge in [-0.2, -0.15) is 0 Å². The number of nitrogens with zero attached hydrogens (tertiary/aromatic N) is 1. The highest BCUT2D eigenvalue weighted by atomic mass is 16.5. The predicted octanol–water partition coefficient (Wildman–Crippen LogP) is 3.61. The molecule has 3 atom stereocenters. The molecule has 0 N–H and O–H groups in total. The van der Waals surface area contributed by atoms with Crippen LogP contribution in [0.4, 0.5) is 0 Å². The Morgan fingerprint density at radius 1 is 1.05 bits per heavy atom. The Labute approximate surface area is 121 Å². The molecule has 3 aliphatic rings. The second-order valence-corrected chi connectivity index (χ2v) is 5.65. The molecule has 3 rings (SSSR count). The maximum absolute atomic E-state index is 6.22. The van der Waals surface area contributed by atoms with Crippen LogP contribution in [0.2, 0.25) is 0 Å². The number of fused-ring (bicyclic) bond motifs is 2. The molecule has 2 heteroatoms. The molecule has 0 aromatic rings. The first-order valence-corrected chi connectivity index (χ1v) is 7.60. The lowest BCUT2D eigenvalue weighted by Gasteiger charge is -2.35. The molecule has 0 aromatic heterocycles. The highest BCUT2D eigenvalue weighted by Gasteiger charge is 2.29. The summed E-state index contributed by atoms with van der Waals surface area (Å²) in [4.78, 5) is 2.43. The summed E-state index contributed by atoms with van der Waals surface area (Å²) >= 11 is 0. The molecule has 0 saturated carbocycles. The molecular formula is C18H23NO. The predicted molar refractivity (Wildman–Crippen MR) is 83.3 cm³/mol. The standard InChI is InChI=1S/C18H23NO/c1-4-19(5-2)16-9-8-15-11-14-7-6-13(3)10-17(14)20-18(15)12-16/h6-12,14,16-17H,4-5H2,1-3H3. The van der Waals surface area contributed by atoms with Gasteiger partial charge < -0.3 is 4.74 Å². The molecule has 0 saturated heterocycles. The van der Waals surface area contributed by atoms with Gasteiger partial charge in [0.15, 0.2) is 0 Å². The van der Waals surface area contributed by atoms with Crippen LogP contribution in [0.15, 0.2) is 59.4 Å². The quantitative estimate of drug-likeness (QED) is 0.776. The fourth-order valence-corrected chi connectivity index (χ4v) is 3.12. The zero-order valence-electron chi connectivity index (χ0n) is 12.5. The van der Waals surface area contributed by atoms with E-state index in [9.17, 15) is 0 Å². The lowest BCUT2D eigenvalue weighted by Crippen LogP contribution is -2.35. The van der Waals surface area contributed by atoms with E-state index in [2.05, 4.69) is 68.2 Å². The van der Waals surface area contributed by atoms with Crippen LogP contribution in [-0.4, -0.2) is 30.1 Å². The maximum Gasteiger partial charge on any atom is 0.127 e. The Bertz CT molecular complexity index is 532. The number of rotatable bonds is 3. The molecule has 1 aliphatic heterocycles. The van der Waals surface area contributed by atoms with Gasteiger partial charge in [-0.15, -0.1) is 0 Å². The van der Waals surface area contributed by atoms with Gasteiger partial charge in [0.25, 0.3) is 0 Å². The van der Waals surface area contributed by atoms with E-state index in [0.717, 1.165) is 18.8 Å². The summed E-state index contributed by atoms with van der Waals surface area (Å²) in [5.74, 6) is 1.42. The van der Waals surface area contributed by atoms with E-state index in [0.29, 0.717) is 12.0 Å². The van der Waals surface area contributed by atoms with Crippen LogP contribution in [0.1, 0.15) is 20.8 Å². The summed E-state index contributed by atoms with van der Waals surface area (Å²) < 4.78 is 6.22. The van der Waals surface area contributed by atoms with Gasteiger partial charge >= 0.3 is 0 Å². The van der Waals surface area contributed by atoms with Gasteiger partial charge in [-0.3, -0.25) is 4.90 Å². The third-order valence-electron chi connectivity index (χ3n) is 4.34. The Balaban J connectivity index is 1.86. The summed E-state index contributed by atoms with van der Waals surface area (Å²) in [7, 11) is 0. The van der Waals surface area contributed by atoms with E-state index in [-0.39, 0.29) is 6.10 Å². The van der Waals surface area contributed by atoms with E-state index >= 15 is 0 Å². The molecule has 2 aliphatic carbocycles. The third kappa shape index (κ3) is 2.40. The highest BCUT2D eigenvalue weighted by Crippen LogP contribution is 2.34. The van der Waals surface area contributed by atoms with E-state index in [1.807, 2.05) is 0 Å². The molecule has 0 spiro atoms. The second-order valence-electron chi connectivity index (χ2n) is 5.65. The molecule has 2 nitrogen and oxygen atoms in total. The first-order valence-electron chi connectivity index (χ1n) is 7.60. The van der Waals surface area contributed by atoms with Crippen LogP contribution in [0.3, 0.4) is 0 Å². The third-order valence-corrected chi connectivity index (χ3v) is 4.34. The van der Waals surface area contributed by atoms with Crippen LogP contribution in [0, 0.1) is 5.92 Å². The van der Waals surface area contributed by atoms with Crippen LogP contribution >= 0.6 is 0 Å². The number of hydrogen-bond acceptors (Lipinski definition) is 2. The summed E-state index contributed by atoms with van der Waals surface area (Å²) in [5.41, 5.74) is 2.52. The number of likely N-dealkylation sites (N-methyl/N-ethyl adjacent to an activating group) is 1. The minimum Gasteiger partial charge on any atom is -0.485 e. The van der Waals surface area contributed by atoms with Gasteiger partial charge in [-0.05, 0) is 32.2 Å². The van der Waals surface area contributed by atoms with Crippen molar-refractivity contribution in [2.45, 2.75) is 32.9 Å². The summed E-state index contributed by atoms with van der Waals surface area (Å²) in [6.07, 6.45) is 15.9. The molecule has 0 fully saturated rings. The van der Waals surface area contributed by atoms with Crippen molar-refractivity contribution in [3.8, 4) is 0 Å². The van der Waals surface area contributed by atoms with Crippen molar-refractivity contribution in [2.75, 3.05) is 13.1 Å². The van der Waals surface area contributed by atoms with Gasteiger partial charge in [-0.1, -0.05) is 49.8 Å². The molecule has 3 unspecified atom stereocenters. The molecular weight excluding hydrogens is 246 g/mol. The lowest BCUT2D eigenvalue weighted by atomic mass is 9.88. The molecule has 0 radical (unpaired) electrons. The van der Waals surface area contributed by atoms with Crippen molar-refractivity contribution in [2.24, 2.45) is 5.92 Å². The topological polar surface area (TPSA) is 12.5 Å². The lowest BCUT2D eigenvalue weighted by molar-refractivity contribution is 0.125. The molecule has 0 amide bonds. The van der Waals surface area contributed by atoms with Crippen LogP contribution in [-0.2, 0) is 4.74 Å². The van der Waals surface area contributed by atoms with Gasteiger partial charge in [0.05, 0.1) is 6.04 Å². The number of allylic oxidation sites excluding steroid dienone is 3. The smallest absolute Gasteiger partial charge is 0.127 e. The van der Waals surface area contributed by atoms with Crippen molar-refractivity contribution >= 4 is 0 Å². The number of ether oxygens (including phenoxy) is 1. The SMILES string of the molecule is CCN(CC)C1C=CC2=CC3C=CC(C)=CC3OC2=C1. The van der Waals surface area contributed by atoms with Crippen LogP contribution < -0.4 is 0 Å². The molecule has 1 heterocycles. The average molecular weight is 269 g/mol. The van der Waals surface area contributed by atoms with Crippen molar-refractivity contribution in [1.29, 1.82) is 0 Å². The van der Waals surface area contributed by atoms with E-state index in [1.54, 1.807) is 0 Å². The van der Waals surface area contributed by atoms with Gasteiger partial charge in [-0.25, -0.2) is 0 Å². The highest BCUT2D eigenvalue weighted by molar-refractivity contribution is 5.46. The second kappa shape index (κ2) is 5.45. The van der Waals surface area contributed by atoms with Gasteiger partial charge in [0, 0.05) is 11.5 Å². The summed E-state index contributed by atoms with van der Waals surface area (Å²) in [6, 6.07) is 0.359. The van der Waals surface area contributed by atoms with Gasteiger partial charge in [0.2, 0.25) is 0 Å². The molecule has 0 bridgehead atoms. The molecule has 0 aromatic carbocycles. The minimum atomic E-state index is 0.166. The fraction of sp³-hybridized carbons (Fsp3) is 0.444. The van der Waals surface area contributed by atoms with Crippen LogP contribution in [0.5, 0.6) is 0 Å². The van der Waals surface area contributed by atoms with Crippen LogP contribution in [0.25, 0.3) is 0 Å². The normalized spacial score (nSPS) is 31.0. The largest absolute Gasteiger partial charge is 0.485 e. The molecule has 106 valence electrons. The van der Waals surface area contributed by atoms with Crippen molar-refractivity contribution < 1.29 is 4.74 Å². The van der Waals surface area contributed by atoms with Gasteiger partial charge in [0.1, 0.15) is 11.9 Å². The summed E-state index contributed by atoms with van der Waals surface area (Å²) in [5, 5.41) is 0. The Morgan fingerprint density at radius 3 is 2.60 bits per heavy atom. The zero-order chi connectivity index (χ0) is 14.1. The van der Waals surface area contributed by atoms with Crippen molar-refractivity contribution in [1.82, 2.24) is 4.90 Å². The minimum absolute atomic E-state index is 0.166. The number of hydrogen-bond donors (Lipinski definition) is 0. The Morgan fingerprint density at radius 2 is 1.85 bits per heavy atom. The van der Waals surface area contributed by atoms with E-state index in [1.165, 1.54) is 11.1 Å². The maximum atomic E-state index is 6.22. The zero-order valence-corrected chi connectivity index (χ0v) is 12.5. The van der Waals surface area contributed by atoms with E-state index < -0.39 is 0 Å². The summed E-state index contributed by atoms with van der Waals surface area (Å²) in [6.45, 7) is 8.65. The van der Waals surface area contributed by atoms with Crippen molar-refractivity contribution in [3.05, 3.63) is 59.4 Å². The first-order chi connectivity index (χ1) is 9.71. The van der Waals surface area contributed by atoms with E-state index in [4.69, 9.17) is 4.74 Å². The Hall–Kier alpha value is -1.54. The van der Waals surface area contributed by atoms with Crippen molar-refractivity contribution in [3.63, 3.8) is 0 Å². The fourth-order valence-electron chi connectivity index (χ4n) is 3.12. The first kappa shape index (κ1) is 13.4.